The number of benzene rings is 1. The number of amides is 1. The Bertz CT molecular complexity index is 1050. The van der Waals surface area contributed by atoms with Crippen LogP contribution in [0.4, 0.5) is 5.82 Å². The molecule has 1 saturated heterocycles. The number of aryl methyl sites for hydroxylation is 1. The van der Waals surface area contributed by atoms with Gasteiger partial charge in [-0.3, -0.25) is 9.69 Å². The van der Waals surface area contributed by atoms with Gasteiger partial charge < -0.3 is 10.2 Å². The number of anilines is 1. The molecule has 3 heterocycles. The van der Waals surface area contributed by atoms with Crippen LogP contribution >= 0.6 is 0 Å². The number of rotatable bonds is 7. The zero-order valence-corrected chi connectivity index (χ0v) is 19.3. The zero-order valence-electron chi connectivity index (χ0n) is 19.3. The van der Waals surface area contributed by atoms with Gasteiger partial charge in [0.05, 0.1) is 11.0 Å². The Balaban J connectivity index is 1.40. The van der Waals surface area contributed by atoms with Gasteiger partial charge in [0.1, 0.15) is 11.5 Å². The number of hydrogen-bond acceptors (Lipinski definition) is 5. The molecule has 0 radical (unpaired) electrons. The molecule has 4 rings (SSSR count). The molecule has 0 saturated carbocycles. The van der Waals surface area contributed by atoms with E-state index in [1.165, 1.54) is 18.4 Å². The first-order valence-corrected chi connectivity index (χ1v) is 11.7. The first-order valence-electron chi connectivity index (χ1n) is 11.7. The van der Waals surface area contributed by atoms with E-state index in [1.807, 2.05) is 42.5 Å². The molecule has 168 valence electrons. The van der Waals surface area contributed by atoms with Gasteiger partial charge in [-0.1, -0.05) is 43.7 Å². The van der Waals surface area contributed by atoms with Crippen molar-refractivity contribution in [2.45, 2.75) is 46.2 Å². The van der Waals surface area contributed by atoms with Gasteiger partial charge in [-0.05, 0) is 49.6 Å². The number of aromatic nitrogens is 2. The molecule has 0 bridgehead atoms. The Morgan fingerprint density at radius 1 is 0.906 bits per heavy atom. The molecule has 0 unspecified atom stereocenters. The molecule has 1 aliphatic rings. The Hall–Kier alpha value is -2.99. The van der Waals surface area contributed by atoms with E-state index in [1.54, 1.807) is 6.07 Å². The van der Waals surface area contributed by atoms with Crippen molar-refractivity contribution in [1.82, 2.24) is 20.2 Å². The quantitative estimate of drug-likeness (QED) is 0.608. The van der Waals surface area contributed by atoms with Crippen LogP contribution in [-0.4, -0.2) is 53.0 Å². The zero-order chi connectivity index (χ0) is 22.5. The van der Waals surface area contributed by atoms with E-state index in [4.69, 9.17) is 4.98 Å². The van der Waals surface area contributed by atoms with Gasteiger partial charge >= 0.3 is 0 Å². The van der Waals surface area contributed by atoms with Crippen molar-refractivity contribution in [3.63, 3.8) is 0 Å². The van der Waals surface area contributed by atoms with E-state index in [2.05, 4.69) is 40.9 Å². The minimum absolute atomic E-state index is 0.172. The maximum Gasteiger partial charge on any atom is 0.270 e. The SMILES string of the molecule is CCC(CC)N1CCN(c2ccc3nc(C(=O)NCc4ccc(C)cc4)ccc3n2)CC1. The standard InChI is InChI=1S/C26H33N5O/c1-4-21(5-2)30-14-16-31(17-15-30)25-13-12-22-23(29-25)10-11-24(28-22)26(32)27-18-20-8-6-19(3)7-9-20/h6-13,21H,4-5,14-18H2,1-3H3,(H,27,32). The van der Waals surface area contributed by atoms with Crippen molar-refractivity contribution in [2.24, 2.45) is 0 Å². The number of nitrogens with zero attached hydrogens (tertiary/aromatic N) is 4. The van der Waals surface area contributed by atoms with Crippen LogP contribution in [0.2, 0.25) is 0 Å². The van der Waals surface area contributed by atoms with Crippen LogP contribution in [0.5, 0.6) is 0 Å². The summed E-state index contributed by atoms with van der Waals surface area (Å²) in [5.41, 5.74) is 4.25. The number of nitrogens with one attached hydrogen (secondary N) is 1. The van der Waals surface area contributed by atoms with Gasteiger partial charge in [-0.15, -0.1) is 0 Å². The number of pyridine rings is 2. The predicted molar refractivity (Wildman–Crippen MR) is 130 cm³/mol. The Morgan fingerprint density at radius 2 is 1.56 bits per heavy atom. The van der Waals surface area contributed by atoms with Crippen molar-refractivity contribution in [3.05, 3.63) is 65.4 Å². The molecule has 1 fully saturated rings. The summed E-state index contributed by atoms with van der Waals surface area (Å²) in [4.78, 5) is 26.9. The summed E-state index contributed by atoms with van der Waals surface area (Å²) in [5.74, 6) is 0.814. The topological polar surface area (TPSA) is 61.4 Å². The van der Waals surface area contributed by atoms with Gasteiger partial charge in [-0.25, -0.2) is 9.97 Å². The fourth-order valence-electron chi connectivity index (χ4n) is 4.40. The average Bonchev–Trinajstić information content (AvgIpc) is 2.84. The summed E-state index contributed by atoms with van der Waals surface area (Å²) in [5, 5.41) is 2.95. The first kappa shape index (κ1) is 22.2. The fraction of sp³-hybridized carbons (Fsp3) is 0.423. The maximum absolute atomic E-state index is 12.6. The largest absolute Gasteiger partial charge is 0.354 e. The van der Waals surface area contributed by atoms with E-state index >= 15 is 0 Å². The molecular weight excluding hydrogens is 398 g/mol. The monoisotopic (exact) mass is 431 g/mol. The van der Waals surface area contributed by atoms with Gasteiger partial charge in [0.2, 0.25) is 0 Å². The fourth-order valence-corrected chi connectivity index (χ4v) is 4.40. The summed E-state index contributed by atoms with van der Waals surface area (Å²) in [6.07, 6.45) is 2.41. The van der Waals surface area contributed by atoms with Crippen LogP contribution in [0.25, 0.3) is 11.0 Å². The number of carbonyl (C=O) groups excluding carboxylic acids is 1. The highest BCUT2D eigenvalue weighted by Gasteiger charge is 2.22. The molecule has 1 aliphatic heterocycles. The molecule has 32 heavy (non-hydrogen) atoms. The van der Waals surface area contributed by atoms with E-state index in [0.29, 0.717) is 18.3 Å². The molecule has 0 spiro atoms. The number of hydrogen-bond donors (Lipinski definition) is 1. The summed E-state index contributed by atoms with van der Waals surface area (Å²) < 4.78 is 0. The summed E-state index contributed by atoms with van der Waals surface area (Å²) in [6, 6.07) is 16.5. The molecule has 1 aromatic carbocycles. The van der Waals surface area contributed by atoms with Crippen molar-refractivity contribution in [1.29, 1.82) is 0 Å². The lowest BCUT2D eigenvalue weighted by Gasteiger charge is -2.39. The second-order valence-electron chi connectivity index (χ2n) is 8.57. The van der Waals surface area contributed by atoms with Crippen molar-refractivity contribution in [3.8, 4) is 0 Å². The third kappa shape index (κ3) is 5.07. The van der Waals surface area contributed by atoms with Gasteiger partial charge in [0.15, 0.2) is 0 Å². The Morgan fingerprint density at radius 3 is 2.25 bits per heavy atom. The first-order chi connectivity index (χ1) is 15.6. The third-order valence-electron chi connectivity index (χ3n) is 6.43. The van der Waals surface area contributed by atoms with Crippen LogP contribution in [0.1, 0.15) is 48.3 Å². The summed E-state index contributed by atoms with van der Waals surface area (Å²) in [6.45, 7) is 11.2. The number of piperazine rings is 1. The van der Waals surface area contributed by atoms with Crippen LogP contribution in [-0.2, 0) is 6.54 Å². The van der Waals surface area contributed by atoms with Crippen molar-refractivity contribution in [2.75, 3.05) is 31.1 Å². The van der Waals surface area contributed by atoms with Crippen LogP contribution in [0, 0.1) is 6.92 Å². The normalized spacial score (nSPS) is 14.8. The highest BCUT2D eigenvalue weighted by atomic mass is 16.1. The molecule has 3 aromatic rings. The summed E-state index contributed by atoms with van der Waals surface area (Å²) in [7, 11) is 0. The molecular formula is C26H33N5O. The second kappa shape index (κ2) is 10.1. The van der Waals surface area contributed by atoms with Gasteiger partial charge in [0, 0.05) is 38.8 Å². The lowest BCUT2D eigenvalue weighted by atomic mass is 10.1. The van der Waals surface area contributed by atoms with Crippen LogP contribution in [0.3, 0.4) is 0 Å². The van der Waals surface area contributed by atoms with E-state index in [0.717, 1.165) is 48.6 Å². The van der Waals surface area contributed by atoms with Gasteiger partial charge in [0.25, 0.3) is 5.91 Å². The lowest BCUT2D eigenvalue weighted by molar-refractivity contribution is 0.0946. The lowest BCUT2D eigenvalue weighted by Crippen LogP contribution is -2.50. The smallest absolute Gasteiger partial charge is 0.270 e. The molecule has 1 amide bonds. The Kier molecular flexibility index (Phi) is 7.00. The van der Waals surface area contributed by atoms with Crippen LogP contribution in [0.15, 0.2) is 48.5 Å². The molecule has 2 aromatic heterocycles. The third-order valence-corrected chi connectivity index (χ3v) is 6.43. The molecule has 0 aliphatic carbocycles. The molecule has 6 nitrogen and oxygen atoms in total. The summed E-state index contributed by atoms with van der Waals surface area (Å²) >= 11 is 0. The average molecular weight is 432 g/mol. The van der Waals surface area contributed by atoms with Crippen molar-refractivity contribution < 1.29 is 4.79 Å². The maximum atomic E-state index is 12.6. The van der Waals surface area contributed by atoms with E-state index < -0.39 is 0 Å². The van der Waals surface area contributed by atoms with Crippen LogP contribution < -0.4 is 10.2 Å². The van der Waals surface area contributed by atoms with E-state index in [-0.39, 0.29) is 5.91 Å². The Labute approximate surface area is 190 Å². The highest BCUT2D eigenvalue weighted by Crippen LogP contribution is 2.20. The second-order valence-corrected chi connectivity index (χ2v) is 8.57. The number of carbonyl (C=O) groups is 1. The molecule has 0 atom stereocenters. The van der Waals surface area contributed by atoms with Gasteiger partial charge in [-0.2, -0.15) is 0 Å². The molecule has 6 heteroatoms. The predicted octanol–water partition coefficient (Wildman–Crippen LogP) is 4.18. The van der Waals surface area contributed by atoms with E-state index in [9.17, 15) is 4.79 Å². The minimum atomic E-state index is -0.172. The van der Waals surface area contributed by atoms with Crippen molar-refractivity contribution >= 4 is 22.8 Å². The molecule has 1 N–H and O–H groups in total. The number of fused-ring (bicyclic) bond motifs is 1. The minimum Gasteiger partial charge on any atom is -0.354 e. The highest BCUT2D eigenvalue weighted by molar-refractivity contribution is 5.94.